The smallest absolute Gasteiger partial charge is 0.246 e. The van der Waals surface area contributed by atoms with Crippen molar-refractivity contribution in [2.75, 3.05) is 5.32 Å². The molecule has 0 bridgehead atoms. The number of nitrogens with zero attached hydrogens (tertiary/aromatic N) is 1. The summed E-state index contributed by atoms with van der Waals surface area (Å²) >= 11 is 1.28. The van der Waals surface area contributed by atoms with Crippen molar-refractivity contribution >= 4 is 40.6 Å². The van der Waals surface area contributed by atoms with Gasteiger partial charge in [0.25, 0.3) is 0 Å². The zero-order chi connectivity index (χ0) is 15.3. The summed E-state index contributed by atoms with van der Waals surface area (Å²) in [5.74, 6) is -0.0413. The van der Waals surface area contributed by atoms with E-state index in [1.165, 1.54) is 11.3 Å². The van der Waals surface area contributed by atoms with Gasteiger partial charge in [-0.1, -0.05) is 38.0 Å². The lowest BCUT2D eigenvalue weighted by Gasteiger charge is -2.26. The van der Waals surface area contributed by atoms with Crippen LogP contribution in [-0.4, -0.2) is 22.2 Å². The van der Waals surface area contributed by atoms with Gasteiger partial charge in [0.2, 0.25) is 5.91 Å². The molecule has 0 radical (unpaired) electrons. The Morgan fingerprint density at radius 3 is 2.55 bits per heavy atom. The molecule has 0 aromatic carbocycles. The highest BCUT2D eigenvalue weighted by atomic mass is 35.5. The summed E-state index contributed by atoms with van der Waals surface area (Å²) in [4.78, 5) is 29.6. The molecular weight excluding hydrogens is 322 g/mol. The van der Waals surface area contributed by atoms with Crippen LogP contribution < -0.4 is 11.1 Å². The number of fused-ring (bicyclic) bond motifs is 1. The molecule has 3 rings (SSSR count). The summed E-state index contributed by atoms with van der Waals surface area (Å²) in [7, 11) is 0. The van der Waals surface area contributed by atoms with E-state index in [9.17, 15) is 9.59 Å². The first-order valence-corrected chi connectivity index (χ1v) is 8.24. The first-order chi connectivity index (χ1) is 9.79. The maximum absolute atomic E-state index is 12.3. The number of aromatic nitrogens is 1. The number of halogens is 1. The lowest BCUT2D eigenvalue weighted by Crippen LogP contribution is -2.48. The molecule has 1 aromatic rings. The maximum atomic E-state index is 12.3. The number of anilines is 1. The molecule has 22 heavy (non-hydrogen) atoms. The average Bonchev–Trinajstić information content (AvgIpc) is 2.95. The highest BCUT2D eigenvalue weighted by Gasteiger charge is 2.38. The van der Waals surface area contributed by atoms with Gasteiger partial charge in [-0.3, -0.25) is 9.59 Å². The molecule has 2 aliphatic rings. The molecule has 1 aromatic heterocycles. The van der Waals surface area contributed by atoms with E-state index in [0.29, 0.717) is 16.4 Å². The first kappa shape index (κ1) is 17.4. The minimum Gasteiger partial charge on any atom is -0.317 e. The monoisotopic (exact) mass is 343 g/mol. The summed E-state index contributed by atoms with van der Waals surface area (Å²) in [6.45, 7) is 4.14. The minimum absolute atomic E-state index is 0. The molecular formula is C15H22ClN3O2S. The number of nitrogens with one attached hydrogen (secondary N) is 1. The Hall–Kier alpha value is -0.980. The third-order valence-electron chi connectivity index (χ3n) is 4.40. The molecule has 1 saturated carbocycles. The zero-order valence-corrected chi connectivity index (χ0v) is 14.5. The summed E-state index contributed by atoms with van der Waals surface area (Å²) in [5, 5.41) is 3.33. The van der Waals surface area contributed by atoms with E-state index in [1.807, 2.05) is 0 Å². The SMILES string of the molecule is CC1(C)CC(=O)c2sc(NC(=O)C3(N)CCCC3)nc2C1.Cl. The molecule has 0 saturated heterocycles. The predicted molar refractivity (Wildman–Crippen MR) is 89.8 cm³/mol. The highest BCUT2D eigenvalue weighted by molar-refractivity contribution is 7.17. The third-order valence-corrected chi connectivity index (χ3v) is 5.46. The standard InChI is InChI=1S/C15H21N3O2S.ClH/c1-14(2)7-9-11(10(19)8-14)21-13(17-9)18-12(20)15(16)5-3-4-6-15;/h3-8,16H2,1-2H3,(H,17,18,20);1H. The lowest BCUT2D eigenvalue weighted by molar-refractivity contribution is -0.121. The average molecular weight is 344 g/mol. The maximum Gasteiger partial charge on any atom is 0.246 e. The normalized spacial score (nSPS) is 21.9. The second kappa shape index (κ2) is 5.91. The van der Waals surface area contributed by atoms with Gasteiger partial charge in [0.15, 0.2) is 10.9 Å². The van der Waals surface area contributed by atoms with E-state index in [1.54, 1.807) is 0 Å². The fraction of sp³-hybridized carbons (Fsp3) is 0.667. The predicted octanol–water partition coefficient (Wildman–Crippen LogP) is 2.93. The number of thiazole rings is 1. The fourth-order valence-electron chi connectivity index (χ4n) is 3.23. The van der Waals surface area contributed by atoms with Gasteiger partial charge < -0.3 is 11.1 Å². The molecule has 0 aliphatic heterocycles. The number of hydrogen-bond acceptors (Lipinski definition) is 5. The van der Waals surface area contributed by atoms with Crippen LogP contribution in [0, 0.1) is 5.41 Å². The number of amides is 1. The molecule has 1 amide bonds. The molecule has 0 atom stereocenters. The van der Waals surface area contributed by atoms with Gasteiger partial charge in [-0.15, -0.1) is 12.4 Å². The van der Waals surface area contributed by atoms with Crippen LogP contribution in [0.5, 0.6) is 0 Å². The van der Waals surface area contributed by atoms with Crippen molar-refractivity contribution in [2.24, 2.45) is 11.1 Å². The van der Waals surface area contributed by atoms with Gasteiger partial charge in [0.1, 0.15) is 0 Å². The Kier molecular flexibility index (Phi) is 4.66. The number of nitrogens with two attached hydrogens (primary N) is 1. The van der Waals surface area contributed by atoms with Crippen LogP contribution in [-0.2, 0) is 11.2 Å². The molecule has 5 nitrogen and oxygen atoms in total. The van der Waals surface area contributed by atoms with E-state index in [4.69, 9.17) is 5.73 Å². The molecule has 3 N–H and O–H groups in total. The van der Waals surface area contributed by atoms with Crippen LogP contribution in [0.15, 0.2) is 0 Å². The van der Waals surface area contributed by atoms with Crippen molar-refractivity contribution < 1.29 is 9.59 Å². The Bertz CT molecular complexity index is 606. The number of hydrogen-bond donors (Lipinski definition) is 2. The van der Waals surface area contributed by atoms with Crippen molar-refractivity contribution in [2.45, 2.75) is 57.9 Å². The number of rotatable bonds is 2. The number of carbonyl (C=O) groups excluding carboxylic acids is 2. The van der Waals surface area contributed by atoms with E-state index >= 15 is 0 Å². The number of Topliss-reactive ketones (excluding diaryl/α,β-unsaturated/α-hetero) is 1. The van der Waals surface area contributed by atoms with Crippen LogP contribution >= 0.6 is 23.7 Å². The van der Waals surface area contributed by atoms with Crippen LogP contribution in [0.2, 0.25) is 0 Å². The van der Waals surface area contributed by atoms with Gasteiger partial charge in [0.05, 0.1) is 16.1 Å². The zero-order valence-electron chi connectivity index (χ0n) is 12.9. The second-order valence-corrected chi connectivity index (χ2v) is 8.05. The lowest BCUT2D eigenvalue weighted by atomic mass is 9.78. The Labute approximate surface area is 140 Å². The van der Waals surface area contributed by atoms with Crippen LogP contribution in [0.3, 0.4) is 0 Å². The molecule has 1 fully saturated rings. The molecule has 1 heterocycles. The highest BCUT2D eigenvalue weighted by Crippen LogP contribution is 2.38. The largest absolute Gasteiger partial charge is 0.317 e. The van der Waals surface area contributed by atoms with Crippen molar-refractivity contribution in [3.63, 3.8) is 0 Å². The molecule has 0 spiro atoms. The van der Waals surface area contributed by atoms with Crippen LogP contribution in [0.25, 0.3) is 0 Å². The van der Waals surface area contributed by atoms with Crippen LogP contribution in [0.4, 0.5) is 5.13 Å². The van der Waals surface area contributed by atoms with Crippen LogP contribution in [0.1, 0.15) is 61.3 Å². The summed E-state index contributed by atoms with van der Waals surface area (Å²) < 4.78 is 0. The van der Waals surface area contributed by atoms with Gasteiger partial charge in [-0.2, -0.15) is 0 Å². The topological polar surface area (TPSA) is 85.1 Å². The third kappa shape index (κ3) is 3.19. The van der Waals surface area contributed by atoms with E-state index in [-0.39, 0.29) is 29.5 Å². The number of carbonyl (C=O) groups is 2. The van der Waals surface area contributed by atoms with Crippen molar-refractivity contribution in [3.8, 4) is 0 Å². The molecule has 2 aliphatic carbocycles. The summed E-state index contributed by atoms with van der Waals surface area (Å²) in [6, 6.07) is 0. The van der Waals surface area contributed by atoms with Crippen molar-refractivity contribution in [1.82, 2.24) is 4.98 Å². The molecule has 122 valence electrons. The minimum atomic E-state index is -0.768. The number of ketones is 1. The summed E-state index contributed by atoms with van der Waals surface area (Å²) in [6.07, 6.45) is 4.73. The first-order valence-electron chi connectivity index (χ1n) is 7.42. The van der Waals surface area contributed by atoms with Gasteiger partial charge in [-0.05, 0) is 24.7 Å². The summed E-state index contributed by atoms with van der Waals surface area (Å²) in [5.41, 5.74) is 6.13. The fourth-order valence-corrected chi connectivity index (χ4v) is 4.14. The van der Waals surface area contributed by atoms with Gasteiger partial charge in [0, 0.05) is 6.42 Å². The second-order valence-electron chi connectivity index (χ2n) is 7.05. The van der Waals surface area contributed by atoms with Gasteiger partial charge in [-0.25, -0.2) is 4.98 Å². The Morgan fingerprint density at radius 1 is 1.27 bits per heavy atom. The van der Waals surface area contributed by atoms with E-state index < -0.39 is 5.54 Å². The Morgan fingerprint density at radius 2 is 1.91 bits per heavy atom. The molecule has 7 heteroatoms. The van der Waals surface area contributed by atoms with Gasteiger partial charge >= 0.3 is 0 Å². The van der Waals surface area contributed by atoms with E-state index in [2.05, 4.69) is 24.1 Å². The van der Waals surface area contributed by atoms with Crippen molar-refractivity contribution in [3.05, 3.63) is 10.6 Å². The van der Waals surface area contributed by atoms with E-state index in [0.717, 1.165) is 37.8 Å². The van der Waals surface area contributed by atoms with Crippen molar-refractivity contribution in [1.29, 1.82) is 0 Å². The molecule has 0 unspecified atom stereocenters. The Balaban J connectivity index is 0.00000176. The quantitative estimate of drug-likeness (QED) is 0.864.